The van der Waals surface area contributed by atoms with Crippen LogP contribution < -0.4 is 5.32 Å². The lowest BCUT2D eigenvalue weighted by Crippen LogP contribution is -2.50. The number of hydrogen-bond acceptors (Lipinski definition) is 4. The zero-order chi connectivity index (χ0) is 17.7. The van der Waals surface area contributed by atoms with Gasteiger partial charge in [0.2, 0.25) is 5.91 Å². The quantitative estimate of drug-likeness (QED) is 0.634. The molecule has 6 nitrogen and oxygen atoms in total. The Hall–Kier alpha value is -2.33. The molecule has 0 radical (unpaired) electrons. The molecular weight excluding hydrogens is 372 g/mol. The van der Waals surface area contributed by atoms with Crippen molar-refractivity contribution in [2.45, 2.75) is 13.8 Å². The number of benzene rings is 1. The third-order valence-corrected chi connectivity index (χ3v) is 4.52. The van der Waals surface area contributed by atoms with E-state index >= 15 is 0 Å². The number of amides is 2. The average molecular weight is 391 g/mol. The lowest BCUT2D eigenvalue weighted by Gasteiger charge is -2.34. The molecule has 2 rings (SSSR count). The number of anilines is 1. The fourth-order valence-electron chi connectivity index (χ4n) is 2.42. The van der Waals surface area contributed by atoms with Gasteiger partial charge in [0, 0.05) is 43.8 Å². The maximum atomic E-state index is 12.4. The molecule has 0 saturated carbocycles. The van der Waals surface area contributed by atoms with Gasteiger partial charge in [0.1, 0.15) is 11.6 Å². The molecule has 1 saturated heterocycles. The summed E-state index contributed by atoms with van der Waals surface area (Å²) < 4.78 is 0.860. The van der Waals surface area contributed by atoms with Crippen molar-refractivity contribution < 1.29 is 9.59 Å². The zero-order valence-corrected chi connectivity index (χ0v) is 15.3. The van der Waals surface area contributed by atoms with Crippen LogP contribution in [0.25, 0.3) is 0 Å². The number of aryl methyl sites for hydroxylation is 1. The van der Waals surface area contributed by atoms with Crippen molar-refractivity contribution in [3.05, 3.63) is 40.0 Å². The Balaban J connectivity index is 2.04. The molecule has 2 amide bonds. The molecule has 0 bridgehead atoms. The van der Waals surface area contributed by atoms with E-state index in [1.807, 2.05) is 31.2 Å². The Morgan fingerprint density at radius 2 is 1.88 bits per heavy atom. The Morgan fingerprint density at radius 3 is 2.42 bits per heavy atom. The second-order valence-corrected chi connectivity index (χ2v) is 6.45. The summed E-state index contributed by atoms with van der Waals surface area (Å²) in [6.45, 7) is 5.36. The first kappa shape index (κ1) is 18.0. The molecule has 0 aliphatic carbocycles. The summed E-state index contributed by atoms with van der Waals surface area (Å²) in [5.41, 5.74) is 1.93. The van der Waals surface area contributed by atoms with Crippen LogP contribution in [0.4, 0.5) is 5.69 Å². The highest BCUT2D eigenvalue weighted by Gasteiger charge is 2.24. The number of nitrogens with zero attached hydrogens (tertiary/aromatic N) is 3. The van der Waals surface area contributed by atoms with Crippen LogP contribution >= 0.6 is 15.9 Å². The fourth-order valence-corrected chi connectivity index (χ4v) is 3.03. The van der Waals surface area contributed by atoms with Gasteiger partial charge >= 0.3 is 0 Å². The predicted molar refractivity (Wildman–Crippen MR) is 95.0 cm³/mol. The number of nitriles is 1. The molecule has 1 N–H and O–H groups in total. The second kappa shape index (κ2) is 7.97. The molecule has 1 aliphatic heterocycles. The monoisotopic (exact) mass is 390 g/mol. The summed E-state index contributed by atoms with van der Waals surface area (Å²) in [6.07, 6.45) is 1.43. The van der Waals surface area contributed by atoms with Crippen LogP contribution in [0.15, 0.2) is 34.4 Å². The summed E-state index contributed by atoms with van der Waals surface area (Å²) >= 11 is 3.45. The molecule has 1 heterocycles. The Kier molecular flexibility index (Phi) is 5.99. The highest BCUT2D eigenvalue weighted by atomic mass is 79.9. The summed E-state index contributed by atoms with van der Waals surface area (Å²) in [5.74, 6) is -0.319. The smallest absolute Gasteiger partial charge is 0.266 e. The maximum Gasteiger partial charge on any atom is 0.266 e. The van der Waals surface area contributed by atoms with E-state index in [1.54, 1.807) is 9.80 Å². The lowest BCUT2D eigenvalue weighted by atomic mass is 10.2. The number of piperazine rings is 1. The van der Waals surface area contributed by atoms with Gasteiger partial charge in [0.25, 0.3) is 5.91 Å². The van der Waals surface area contributed by atoms with Gasteiger partial charge in [-0.2, -0.15) is 5.26 Å². The standard InChI is InChI=1S/C17H19BrN4O2/c1-12-3-4-16(15(18)9-12)20-11-14(10-19)17(24)22-7-5-21(6-8-22)13(2)23/h3-4,9,11,20H,5-8H2,1-2H3/b14-11-. The van der Waals surface area contributed by atoms with Gasteiger partial charge in [0.15, 0.2) is 0 Å². The molecule has 24 heavy (non-hydrogen) atoms. The minimum absolute atomic E-state index is 0.00374. The van der Waals surface area contributed by atoms with Crippen LogP contribution in [-0.2, 0) is 9.59 Å². The van der Waals surface area contributed by atoms with E-state index in [0.717, 1.165) is 15.7 Å². The Morgan fingerprint density at radius 1 is 1.25 bits per heavy atom. The first-order chi connectivity index (χ1) is 11.4. The van der Waals surface area contributed by atoms with Gasteiger partial charge in [-0.3, -0.25) is 9.59 Å². The number of hydrogen-bond donors (Lipinski definition) is 1. The van der Waals surface area contributed by atoms with Crippen molar-refractivity contribution in [2.24, 2.45) is 0 Å². The van der Waals surface area contributed by atoms with Crippen LogP contribution in [0.3, 0.4) is 0 Å². The molecule has 1 aliphatic rings. The van der Waals surface area contributed by atoms with E-state index in [9.17, 15) is 14.9 Å². The van der Waals surface area contributed by atoms with E-state index < -0.39 is 0 Å². The van der Waals surface area contributed by atoms with Gasteiger partial charge in [-0.1, -0.05) is 6.07 Å². The van der Waals surface area contributed by atoms with Gasteiger partial charge in [0.05, 0.1) is 5.69 Å². The zero-order valence-electron chi connectivity index (χ0n) is 13.7. The molecular formula is C17H19BrN4O2. The first-order valence-electron chi connectivity index (χ1n) is 7.60. The molecule has 1 aromatic rings. The Bertz CT molecular complexity index is 716. The highest BCUT2D eigenvalue weighted by Crippen LogP contribution is 2.23. The topological polar surface area (TPSA) is 76.4 Å². The summed E-state index contributed by atoms with van der Waals surface area (Å²) in [7, 11) is 0. The molecule has 1 fully saturated rings. The highest BCUT2D eigenvalue weighted by molar-refractivity contribution is 9.10. The van der Waals surface area contributed by atoms with E-state index in [4.69, 9.17) is 0 Å². The van der Waals surface area contributed by atoms with Crippen LogP contribution in [0.5, 0.6) is 0 Å². The van der Waals surface area contributed by atoms with Crippen LogP contribution in [0.2, 0.25) is 0 Å². The number of rotatable bonds is 3. The van der Waals surface area contributed by atoms with Gasteiger partial charge in [-0.15, -0.1) is 0 Å². The number of carbonyl (C=O) groups is 2. The third kappa shape index (κ3) is 4.36. The van der Waals surface area contributed by atoms with Crippen molar-refractivity contribution in [3.63, 3.8) is 0 Å². The molecule has 0 unspecified atom stereocenters. The van der Waals surface area contributed by atoms with E-state index in [-0.39, 0.29) is 17.4 Å². The predicted octanol–water partition coefficient (Wildman–Crippen LogP) is 2.27. The molecule has 0 atom stereocenters. The number of nitrogens with one attached hydrogen (secondary N) is 1. The summed E-state index contributed by atoms with van der Waals surface area (Å²) in [5, 5.41) is 12.3. The molecule has 0 aromatic heterocycles. The SMILES string of the molecule is CC(=O)N1CCN(C(=O)/C(C#N)=C\Nc2ccc(C)cc2Br)CC1. The third-order valence-electron chi connectivity index (χ3n) is 3.86. The maximum absolute atomic E-state index is 12.4. The fraction of sp³-hybridized carbons (Fsp3) is 0.353. The average Bonchev–Trinajstić information content (AvgIpc) is 2.57. The summed E-state index contributed by atoms with van der Waals surface area (Å²) in [6, 6.07) is 7.71. The normalized spacial score (nSPS) is 15.0. The van der Waals surface area contributed by atoms with E-state index in [2.05, 4.69) is 21.2 Å². The number of carbonyl (C=O) groups excluding carboxylic acids is 2. The largest absolute Gasteiger partial charge is 0.359 e. The van der Waals surface area contributed by atoms with Crippen molar-refractivity contribution >= 4 is 33.4 Å². The summed E-state index contributed by atoms with van der Waals surface area (Å²) in [4.78, 5) is 27.1. The van der Waals surface area contributed by atoms with Crippen LogP contribution in [0.1, 0.15) is 12.5 Å². The van der Waals surface area contributed by atoms with Crippen LogP contribution in [-0.4, -0.2) is 47.8 Å². The van der Waals surface area contributed by atoms with Crippen molar-refractivity contribution in [1.29, 1.82) is 5.26 Å². The van der Waals surface area contributed by atoms with Crippen LogP contribution in [0, 0.1) is 18.3 Å². The van der Waals surface area contributed by atoms with Gasteiger partial charge in [-0.05, 0) is 40.5 Å². The van der Waals surface area contributed by atoms with E-state index in [0.29, 0.717) is 26.2 Å². The first-order valence-corrected chi connectivity index (χ1v) is 8.39. The lowest BCUT2D eigenvalue weighted by molar-refractivity contribution is -0.136. The molecule has 0 spiro atoms. The molecule has 126 valence electrons. The van der Waals surface area contributed by atoms with Crippen molar-refractivity contribution in [1.82, 2.24) is 9.80 Å². The minimum Gasteiger partial charge on any atom is -0.359 e. The van der Waals surface area contributed by atoms with E-state index in [1.165, 1.54) is 13.1 Å². The van der Waals surface area contributed by atoms with Gasteiger partial charge < -0.3 is 15.1 Å². The molecule has 7 heteroatoms. The second-order valence-electron chi connectivity index (χ2n) is 5.60. The van der Waals surface area contributed by atoms with Crippen molar-refractivity contribution in [2.75, 3.05) is 31.5 Å². The van der Waals surface area contributed by atoms with Gasteiger partial charge in [-0.25, -0.2) is 0 Å². The number of halogens is 1. The minimum atomic E-state index is -0.323. The Labute approximate surface area is 149 Å². The molecule has 1 aromatic carbocycles. The van der Waals surface area contributed by atoms with Crippen molar-refractivity contribution in [3.8, 4) is 6.07 Å².